The fourth-order valence-electron chi connectivity index (χ4n) is 3.65. The molecule has 25 heavy (non-hydrogen) atoms. The molecule has 1 rings (SSSR count). The van der Waals surface area contributed by atoms with Gasteiger partial charge in [0.1, 0.15) is 0 Å². The Morgan fingerprint density at radius 1 is 1.16 bits per heavy atom. The number of carbonyl (C=O) groups excluding carboxylic acids is 1. The van der Waals surface area contributed by atoms with Gasteiger partial charge >= 0.3 is 5.97 Å². The second kappa shape index (κ2) is 8.92. The Bertz CT molecular complexity index is 480. The zero-order valence-electron chi connectivity index (χ0n) is 16.1. The highest BCUT2D eigenvalue weighted by atomic mass is 16.5. The summed E-state index contributed by atoms with van der Waals surface area (Å²) in [6.45, 7) is 10.1. The van der Waals surface area contributed by atoms with Gasteiger partial charge in [0, 0.05) is 23.6 Å². The first-order chi connectivity index (χ1) is 11.4. The highest BCUT2D eigenvalue weighted by molar-refractivity contribution is 5.95. The third-order valence-electron chi connectivity index (χ3n) is 4.72. The first kappa shape index (κ1) is 21.8. The van der Waals surface area contributed by atoms with Crippen LogP contribution in [0.4, 0.5) is 0 Å². The lowest BCUT2D eigenvalue weighted by molar-refractivity contribution is -0.264. The van der Waals surface area contributed by atoms with Gasteiger partial charge in [0.05, 0.1) is 12.2 Å². The summed E-state index contributed by atoms with van der Waals surface area (Å²) in [5, 5.41) is 20.2. The molecule has 0 aromatic rings. The van der Waals surface area contributed by atoms with Gasteiger partial charge in [0.2, 0.25) is 0 Å². The Morgan fingerprint density at radius 3 is 2.24 bits per heavy atom. The van der Waals surface area contributed by atoms with Gasteiger partial charge in [0.15, 0.2) is 5.78 Å². The van der Waals surface area contributed by atoms with Crippen LogP contribution in [0.5, 0.6) is 0 Å². The maximum Gasteiger partial charge on any atom is 0.328 e. The lowest BCUT2D eigenvalue weighted by Crippen LogP contribution is -2.60. The molecule has 1 heterocycles. The molecule has 1 fully saturated rings. The van der Waals surface area contributed by atoms with Crippen LogP contribution in [0.1, 0.15) is 73.1 Å². The number of aliphatic carboxylic acids is 1. The zero-order valence-corrected chi connectivity index (χ0v) is 16.1. The van der Waals surface area contributed by atoms with E-state index in [1.165, 1.54) is 5.06 Å². The fourth-order valence-corrected chi connectivity index (χ4v) is 3.65. The molecule has 0 radical (unpaired) electrons. The highest BCUT2D eigenvalue weighted by Gasteiger charge is 2.45. The summed E-state index contributed by atoms with van der Waals surface area (Å²) in [7, 11) is 0. The van der Waals surface area contributed by atoms with Crippen molar-refractivity contribution >= 4 is 11.8 Å². The number of piperidine rings is 1. The van der Waals surface area contributed by atoms with E-state index in [4.69, 9.17) is 9.84 Å². The van der Waals surface area contributed by atoms with E-state index in [-0.39, 0.29) is 29.1 Å². The first-order valence-electron chi connectivity index (χ1n) is 9.02. The molecule has 144 valence electrons. The lowest BCUT2D eigenvalue weighted by atomic mass is 9.80. The van der Waals surface area contributed by atoms with Gasteiger partial charge < -0.3 is 15.1 Å². The summed E-state index contributed by atoms with van der Waals surface area (Å²) in [5.41, 5.74) is -0.649. The van der Waals surface area contributed by atoms with Crippen LogP contribution in [0, 0.1) is 0 Å². The molecule has 2 N–H and O–H groups in total. The van der Waals surface area contributed by atoms with Crippen LogP contribution in [-0.4, -0.2) is 50.4 Å². The zero-order chi connectivity index (χ0) is 19.3. The minimum Gasteiger partial charge on any atom is -0.478 e. The summed E-state index contributed by atoms with van der Waals surface area (Å²) in [5.74, 6) is -1.26. The summed E-state index contributed by atoms with van der Waals surface area (Å²) in [6.07, 6.45) is 6.54. The van der Waals surface area contributed by atoms with Gasteiger partial charge in [0.25, 0.3) is 0 Å². The van der Waals surface area contributed by atoms with Crippen molar-refractivity contribution in [3.05, 3.63) is 12.2 Å². The van der Waals surface area contributed by atoms with Gasteiger partial charge in [-0.2, -0.15) is 5.06 Å². The van der Waals surface area contributed by atoms with E-state index in [9.17, 15) is 14.8 Å². The number of hydrogen-bond acceptors (Lipinski definition) is 5. The third kappa shape index (κ3) is 7.26. The van der Waals surface area contributed by atoms with E-state index in [1.807, 2.05) is 34.6 Å². The summed E-state index contributed by atoms with van der Waals surface area (Å²) >= 11 is 0. The number of ether oxygens (including phenoxy) is 1. The van der Waals surface area contributed by atoms with E-state index in [2.05, 4.69) is 0 Å². The highest BCUT2D eigenvalue weighted by Crippen LogP contribution is 2.38. The fraction of sp³-hybridized carbons (Fsp3) is 0.789. The number of carbonyl (C=O) groups is 2. The van der Waals surface area contributed by atoms with Gasteiger partial charge in [-0.05, 0) is 66.4 Å². The largest absolute Gasteiger partial charge is 0.478 e. The van der Waals surface area contributed by atoms with Crippen molar-refractivity contribution in [3.8, 4) is 0 Å². The first-order valence-corrected chi connectivity index (χ1v) is 9.02. The van der Waals surface area contributed by atoms with E-state index in [0.717, 1.165) is 44.3 Å². The number of rotatable bonds is 9. The second-order valence-electron chi connectivity index (χ2n) is 8.30. The van der Waals surface area contributed by atoms with Gasteiger partial charge in [-0.15, -0.1) is 0 Å². The van der Waals surface area contributed by atoms with E-state index in [0.29, 0.717) is 6.42 Å². The average molecular weight is 355 g/mol. The number of carboxylic acid groups (broad SMARTS) is 1. The monoisotopic (exact) mass is 355 g/mol. The summed E-state index contributed by atoms with van der Waals surface area (Å²) in [6, 6.07) is 0. The molecule has 1 aliphatic rings. The lowest BCUT2D eigenvalue weighted by Gasteiger charge is -2.51. The van der Waals surface area contributed by atoms with Crippen molar-refractivity contribution < 1.29 is 24.6 Å². The summed E-state index contributed by atoms with van der Waals surface area (Å²) < 4.78 is 6.18. The van der Waals surface area contributed by atoms with Crippen LogP contribution in [-0.2, 0) is 14.3 Å². The molecule has 1 unspecified atom stereocenters. The molecule has 0 aromatic carbocycles. The van der Waals surface area contributed by atoms with Crippen molar-refractivity contribution in [2.24, 2.45) is 0 Å². The molecule has 0 aromatic heterocycles. The van der Waals surface area contributed by atoms with Crippen LogP contribution in [0.2, 0.25) is 0 Å². The number of carboxylic acids is 1. The Morgan fingerprint density at radius 2 is 1.72 bits per heavy atom. The maximum absolute atomic E-state index is 11.5. The Labute approximate surface area is 150 Å². The normalized spacial score (nSPS) is 22.2. The standard InChI is InChI=1S/C19H33NO5/c1-14(8-6-7-9-15(21)10-11-17(22)23)25-16-12-18(2,3)20(24)19(4,5)13-16/h10-11,14,16,24H,6-9,12-13H2,1-5H3,(H,22,23). The SMILES string of the molecule is CC(CCCCC(=O)C=CC(=O)O)OC1CC(C)(C)N(O)C(C)(C)C1. The van der Waals surface area contributed by atoms with Crippen LogP contribution in [0.25, 0.3) is 0 Å². The minimum absolute atomic E-state index is 0.0894. The van der Waals surface area contributed by atoms with Crippen molar-refractivity contribution in [2.75, 3.05) is 0 Å². The molecular formula is C19H33NO5. The van der Waals surface area contributed by atoms with E-state index < -0.39 is 5.97 Å². The molecule has 1 aliphatic heterocycles. The molecule has 1 atom stereocenters. The third-order valence-corrected chi connectivity index (χ3v) is 4.72. The Hall–Kier alpha value is -1.24. The molecule has 6 heteroatoms. The minimum atomic E-state index is -1.10. The average Bonchev–Trinajstić information content (AvgIpc) is 2.46. The molecule has 0 spiro atoms. The maximum atomic E-state index is 11.5. The van der Waals surface area contributed by atoms with Crippen molar-refractivity contribution in [3.63, 3.8) is 0 Å². The molecule has 0 bridgehead atoms. The molecule has 6 nitrogen and oxygen atoms in total. The van der Waals surface area contributed by atoms with E-state index in [1.54, 1.807) is 0 Å². The van der Waals surface area contributed by atoms with Crippen molar-refractivity contribution in [1.29, 1.82) is 0 Å². The smallest absolute Gasteiger partial charge is 0.328 e. The van der Waals surface area contributed by atoms with Crippen LogP contribution in [0.3, 0.4) is 0 Å². The number of hydroxylamine groups is 2. The molecule has 0 saturated carbocycles. The molecule has 0 aliphatic carbocycles. The van der Waals surface area contributed by atoms with Crippen LogP contribution in [0.15, 0.2) is 12.2 Å². The van der Waals surface area contributed by atoms with Crippen LogP contribution < -0.4 is 0 Å². The molecule has 1 saturated heterocycles. The van der Waals surface area contributed by atoms with Gasteiger partial charge in [-0.25, -0.2) is 4.79 Å². The molecular weight excluding hydrogens is 322 g/mol. The quantitative estimate of drug-likeness (QED) is 0.486. The number of nitrogens with zero attached hydrogens (tertiary/aromatic N) is 1. The van der Waals surface area contributed by atoms with Crippen LogP contribution >= 0.6 is 0 Å². The predicted molar refractivity (Wildman–Crippen MR) is 95.6 cm³/mol. The molecule has 0 amide bonds. The Balaban J connectivity index is 2.34. The predicted octanol–water partition coefficient (Wildman–Crippen LogP) is 3.57. The number of ketones is 1. The second-order valence-corrected chi connectivity index (χ2v) is 8.30. The summed E-state index contributed by atoms with van der Waals surface area (Å²) in [4.78, 5) is 21.8. The van der Waals surface area contributed by atoms with Gasteiger partial charge in [-0.1, -0.05) is 6.42 Å². The van der Waals surface area contributed by atoms with Crippen molar-refractivity contribution in [2.45, 2.75) is 96.4 Å². The van der Waals surface area contributed by atoms with Gasteiger partial charge in [-0.3, -0.25) is 4.79 Å². The Kier molecular flexibility index (Phi) is 7.78. The number of unbranched alkanes of at least 4 members (excludes halogenated alkanes) is 1. The van der Waals surface area contributed by atoms with Crippen molar-refractivity contribution in [1.82, 2.24) is 5.06 Å². The topological polar surface area (TPSA) is 87.1 Å². The number of hydrogen-bond donors (Lipinski definition) is 2. The number of allylic oxidation sites excluding steroid dienone is 1. The van der Waals surface area contributed by atoms with E-state index >= 15 is 0 Å².